The molecule has 0 radical (unpaired) electrons. The van der Waals surface area contributed by atoms with E-state index >= 15 is 0 Å². The van der Waals surface area contributed by atoms with Crippen molar-refractivity contribution >= 4 is 10.9 Å². The van der Waals surface area contributed by atoms with Crippen molar-refractivity contribution < 1.29 is 0 Å². The first-order valence-electron chi connectivity index (χ1n) is 11.3. The van der Waals surface area contributed by atoms with Crippen LogP contribution >= 0.6 is 0 Å². The summed E-state index contributed by atoms with van der Waals surface area (Å²) in [5, 5.41) is 1.59. The lowest BCUT2D eigenvalue weighted by Gasteiger charge is -2.52. The fourth-order valence-electron chi connectivity index (χ4n) is 7.28. The minimum atomic E-state index is 0.561. The third-order valence-corrected chi connectivity index (χ3v) is 8.19. The van der Waals surface area contributed by atoms with Gasteiger partial charge in [-0.05, 0) is 99.3 Å². The molecule has 0 amide bonds. The van der Waals surface area contributed by atoms with E-state index in [0.717, 1.165) is 36.0 Å². The largest absolute Gasteiger partial charge is 0.342 e. The Morgan fingerprint density at radius 2 is 1.96 bits per heavy atom. The molecule has 0 N–H and O–H groups in total. The van der Waals surface area contributed by atoms with Crippen molar-refractivity contribution in [3.8, 4) is 0 Å². The molecular formula is C25H35N. The first-order chi connectivity index (χ1) is 12.6. The van der Waals surface area contributed by atoms with Crippen LogP contribution in [0.25, 0.3) is 10.9 Å². The number of hydrogen-bond acceptors (Lipinski definition) is 0. The summed E-state index contributed by atoms with van der Waals surface area (Å²) in [5.74, 6) is 4.76. The lowest BCUT2D eigenvalue weighted by Crippen LogP contribution is -2.42. The Labute approximate surface area is 159 Å². The average Bonchev–Trinajstić information content (AvgIpc) is 2.93. The maximum Gasteiger partial charge on any atom is 0.0488 e. The van der Waals surface area contributed by atoms with Gasteiger partial charge >= 0.3 is 0 Å². The summed E-state index contributed by atoms with van der Waals surface area (Å²) in [5.41, 5.74) is 6.51. The molecule has 26 heavy (non-hydrogen) atoms. The van der Waals surface area contributed by atoms with Crippen LogP contribution in [0.5, 0.6) is 0 Å². The second-order valence-electron chi connectivity index (χ2n) is 9.76. The summed E-state index contributed by atoms with van der Waals surface area (Å²) in [4.78, 5) is 0. The van der Waals surface area contributed by atoms with Crippen molar-refractivity contribution in [2.45, 2.75) is 84.6 Å². The molecule has 0 aliphatic heterocycles. The van der Waals surface area contributed by atoms with Crippen molar-refractivity contribution in [1.82, 2.24) is 4.57 Å². The van der Waals surface area contributed by atoms with Crippen LogP contribution in [0, 0.1) is 23.7 Å². The van der Waals surface area contributed by atoms with Crippen LogP contribution in [-0.4, -0.2) is 4.57 Å². The van der Waals surface area contributed by atoms with Gasteiger partial charge in [0.05, 0.1) is 0 Å². The Balaban J connectivity index is 1.75. The van der Waals surface area contributed by atoms with Crippen LogP contribution in [0.1, 0.15) is 88.6 Å². The highest BCUT2D eigenvalue weighted by Gasteiger charge is 2.50. The zero-order valence-electron chi connectivity index (χ0n) is 17.1. The Kier molecular flexibility index (Phi) is 3.99. The maximum absolute atomic E-state index is 2.75. The zero-order chi connectivity index (χ0) is 18.0. The van der Waals surface area contributed by atoms with Gasteiger partial charge in [0, 0.05) is 28.6 Å². The quantitative estimate of drug-likeness (QED) is 0.569. The monoisotopic (exact) mass is 349 g/mol. The van der Waals surface area contributed by atoms with Gasteiger partial charge in [-0.1, -0.05) is 26.3 Å². The fourth-order valence-corrected chi connectivity index (χ4v) is 7.28. The smallest absolute Gasteiger partial charge is 0.0488 e. The molecule has 1 aromatic heterocycles. The fraction of sp³-hybridized carbons (Fsp3) is 0.680. The first-order valence-corrected chi connectivity index (χ1v) is 11.3. The van der Waals surface area contributed by atoms with Gasteiger partial charge in [0.1, 0.15) is 0 Å². The summed E-state index contributed by atoms with van der Waals surface area (Å²) < 4.78 is 2.75. The number of fused-ring (bicyclic) bond motifs is 4. The van der Waals surface area contributed by atoms with Gasteiger partial charge in [0.2, 0.25) is 0 Å². The summed E-state index contributed by atoms with van der Waals surface area (Å²) in [7, 11) is 0. The van der Waals surface area contributed by atoms with E-state index in [1.807, 2.05) is 0 Å². The molecule has 1 nitrogen and oxygen atoms in total. The van der Waals surface area contributed by atoms with E-state index < -0.39 is 0 Å². The second kappa shape index (κ2) is 6.14. The van der Waals surface area contributed by atoms with Crippen molar-refractivity contribution in [1.29, 1.82) is 0 Å². The highest BCUT2D eigenvalue weighted by molar-refractivity contribution is 5.87. The van der Waals surface area contributed by atoms with Crippen LogP contribution in [0.3, 0.4) is 0 Å². The predicted octanol–water partition coefficient (Wildman–Crippen LogP) is 6.89. The minimum Gasteiger partial charge on any atom is -0.342 e. The van der Waals surface area contributed by atoms with Crippen LogP contribution < -0.4 is 0 Å². The molecule has 5 atom stereocenters. The van der Waals surface area contributed by atoms with E-state index in [1.54, 1.807) is 16.6 Å². The third kappa shape index (κ3) is 2.28. The average molecular weight is 350 g/mol. The molecular weight excluding hydrogens is 314 g/mol. The van der Waals surface area contributed by atoms with Gasteiger partial charge in [-0.15, -0.1) is 0 Å². The molecule has 140 valence electrons. The topological polar surface area (TPSA) is 4.93 Å². The van der Waals surface area contributed by atoms with E-state index in [-0.39, 0.29) is 0 Å². The molecule has 2 aromatic rings. The lowest BCUT2D eigenvalue weighted by atomic mass is 9.54. The first kappa shape index (κ1) is 16.9. The Morgan fingerprint density at radius 1 is 1.12 bits per heavy atom. The molecule has 0 spiro atoms. The predicted molar refractivity (Wildman–Crippen MR) is 111 cm³/mol. The van der Waals surface area contributed by atoms with E-state index in [1.165, 1.54) is 49.6 Å². The van der Waals surface area contributed by atoms with Crippen molar-refractivity contribution in [2.75, 3.05) is 0 Å². The summed E-state index contributed by atoms with van der Waals surface area (Å²) in [6, 6.07) is 7.88. The highest BCUT2D eigenvalue weighted by atomic mass is 15.0. The molecule has 3 fully saturated rings. The minimum absolute atomic E-state index is 0.561. The number of aryl methyl sites for hydroxylation is 2. The van der Waals surface area contributed by atoms with Crippen molar-refractivity contribution in [2.24, 2.45) is 23.7 Å². The molecule has 3 saturated carbocycles. The SMILES string of the molecule is CCc1ccc2c(c1)c1c(n2C(C)C)[C@@H]2CC3CC(CC)C2[C@@H](CC1)C3. The molecule has 1 heteroatoms. The molecule has 3 unspecified atom stereocenters. The van der Waals surface area contributed by atoms with Crippen LogP contribution in [0.2, 0.25) is 0 Å². The molecule has 4 aliphatic rings. The van der Waals surface area contributed by atoms with Gasteiger partial charge in [-0.2, -0.15) is 0 Å². The van der Waals surface area contributed by atoms with Crippen LogP contribution in [0.4, 0.5) is 0 Å². The summed E-state index contributed by atoms with van der Waals surface area (Å²) in [6.07, 6.45) is 9.81. The van der Waals surface area contributed by atoms with Crippen LogP contribution in [-0.2, 0) is 12.8 Å². The highest BCUT2D eigenvalue weighted by Crippen LogP contribution is 2.60. The van der Waals surface area contributed by atoms with Gasteiger partial charge in [-0.25, -0.2) is 0 Å². The van der Waals surface area contributed by atoms with Gasteiger partial charge in [0.25, 0.3) is 0 Å². The van der Waals surface area contributed by atoms with E-state index in [4.69, 9.17) is 0 Å². The van der Waals surface area contributed by atoms with Gasteiger partial charge in [-0.3, -0.25) is 0 Å². The van der Waals surface area contributed by atoms with Crippen LogP contribution in [0.15, 0.2) is 18.2 Å². The van der Waals surface area contributed by atoms with E-state index in [2.05, 4.69) is 50.5 Å². The number of hydrogen-bond donors (Lipinski definition) is 0. The zero-order valence-corrected chi connectivity index (χ0v) is 17.1. The molecule has 4 aliphatic carbocycles. The van der Waals surface area contributed by atoms with Crippen molar-refractivity contribution in [3.63, 3.8) is 0 Å². The molecule has 1 heterocycles. The number of nitrogens with zero attached hydrogens (tertiary/aromatic N) is 1. The Bertz CT molecular complexity index is 826. The standard InChI is InChI=1S/C25H35N/c1-5-16-7-10-23-21(13-16)20-9-8-19-12-17-11-18(6-2)24(19)22(14-17)25(20)26(23)15(3)4/h7,10,13,15,17-19,22,24H,5-6,8-9,11-12,14H2,1-4H3/t17?,18?,19-,22+,24?/m0/s1. The normalized spacial score (nSPS) is 32.9. The summed E-state index contributed by atoms with van der Waals surface area (Å²) >= 11 is 0. The summed E-state index contributed by atoms with van der Waals surface area (Å²) in [6.45, 7) is 9.53. The number of rotatable bonds is 3. The number of aromatic nitrogens is 1. The molecule has 4 bridgehead atoms. The second-order valence-corrected chi connectivity index (χ2v) is 9.76. The Hall–Kier alpha value is -1.24. The maximum atomic E-state index is 2.75. The Morgan fingerprint density at radius 3 is 2.69 bits per heavy atom. The molecule has 0 saturated heterocycles. The number of benzene rings is 1. The third-order valence-electron chi connectivity index (χ3n) is 8.19. The van der Waals surface area contributed by atoms with Gasteiger partial charge in [0.15, 0.2) is 0 Å². The molecule has 6 rings (SSSR count). The van der Waals surface area contributed by atoms with E-state index in [9.17, 15) is 0 Å². The lowest BCUT2D eigenvalue weighted by molar-refractivity contribution is 0.0106. The van der Waals surface area contributed by atoms with Gasteiger partial charge < -0.3 is 4.57 Å². The molecule has 1 aromatic carbocycles. The van der Waals surface area contributed by atoms with E-state index in [0.29, 0.717) is 6.04 Å². The van der Waals surface area contributed by atoms with Crippen molar-refractivity contribution in [3.05, 3.63) is 35.0 Å².